The molecule has 3 rings (SSSR count). The Morgan fingerprint density at radius 2 is 2.08 bits per heavy atom. The first-order valence-electron chi connectivity index (χ1n) is 8.80. The Balaban J connectivity index is 1.50. The van der Waals surface area contributed by atoms with Gasteiger partial charge in [-0.15, -0.1) is 0 Å². The normalized spacial score (nSPS) is 23.9. The highest BCUT2D eigenvalue weighted by Gasteiger charge is 2.31. The van der Waals surface area contributed by atoms with Crippen LogP contribution in [0.1, 0.15) is 32.3 Å². The lowest BCUT2D eigenvalue weighted by Gasteiger charge is -2.39. The van der Waals surface area contributed by atoms with Gasteiger partial charge in [-0.25, -0.2) is 9.78 Å². The van der Waals surface area contributed by atoms with Gasteiger partial charge in [0, 0.05) is 45.0 Å². The zero-order chi connectivity index (χ0) is 17.2. The van der Waals surface area contributed by atoms with E-state index in [4.69, 9.17) is 4.74 Å². The number of piperazine rings is 1. The molecule has 2 saturated heterocycles. The second-order valence-corrected chi connectivity index (χ2v) is 7.41. The van der Waals surface area contributed by atoms with E-state index >= 15 is 0 Å². The lowest BCUT2D eigenvalue weighted by Crippen LogP contribution is -2.55. The molecular formula is C18H28N4O2. The summed E-state index contributed by atoms with van der Waals surface area (Å²) in [6.45, 7) is 10.1. The number of nitrogens with one attached hydrogen (secondary N) is 1. The highest BCUT2D eigenvalue weighted by molar-refractivity contribution is 5.75. The lowest BCUT2D eigenvalue weighted by atomic mass is 9.94. The number of ether oxygens (including phenoxy) is 1. The molecule has 1 aromatic heterocycles. The molecule has 132 valence electrons. The SMILES string of the molecule is Cc1ccnc(N2CCN(C(=O)NC3CCOC(C)(C)C3)CC2)c1. The van der Waals surface area contributed by atoms with Crippen LogP contribution in [-0.2, 0) is 4.74 Å². The number of aryl methyl sites for hydroxylation is 1. The molecule has 0 bridgehead atoms. The number of pyridine rings is 1. The molecule has 0 aliphatic carbocycles. The number of urea groups is 1. The molecule has 0 saturated carbocycles. The van der Waals surface area contributed by atoms with Gasteiger partial charge in [-0.2, -0.15) is 0 Å². The maximum atomic E-state index is 12.5. The van der Waals surface area contributed by atoms with E-state index in [1.54, 1.807) is 0 Å². The van der Waals surface area contributed by atoms with Crippen molar-refractivity contribution in [2.75, 3.05) is 37.7 Å². The summed E-state index contributed by atoms with van der Waals surface area (Å²) in [6.07, 6.45) is 3.60. The number of hydrogen-bond acceptors (Lipinski definition) is 4. The van der Waals surface area contributed by atoms with Crippen molar-refractivity contribution in [1.82, 2.24) is 15.2 Å². The Bertz CT molecular complexity index is 582. The van der Waals surface area contributed by atoms with Gasteiger partial charge < -0.3 is 19.9 Å². The summed E-state index contributed by atoms with van der Waals surface area (Å²) in [5.74, 6) is 1.00. The minimum atomic E-state index is -0.147. The average Bonchev–Trinajstić information content (AvgIpc) is 2.54. The van der Waals surface area contributed by atoms with Gasteiger partial charge >= 0.3 is 6.03 Å². The Morgan fingerprint density at radius 3 is 2.75 bits per heavy atom. The van der Waals surface area contributed by atoms with Crippen molar-refractivity contribution in [2.24, 2.45) is 0 Å². The van der Waals surface area contributed by atoms with Gasteiger partial charge in [0.25, 0.3) is 0 Å². The fraction of sp³-hybridized carbons (Fsp3) is 0.667. The molecule has 1 atom stereocenters. The van der Waals surface area contributed by atoms with Gasteiger partial charge in [-0.3, -0.25) is 0 Å². The van der Waals surface area contributed by atoms with Crippen LogP contribution in [0.3, 0.4) is 0 Å². The van der Waals surface area contributed by atoms with Crippen molar-refractivity contribution in [1.29, 1.82) is 0 Å². The number of amides is 2. The van der Waals surface area contributed by atoms with Crippen molar-refractivity contribution in [3.63, 3.8) is 0 Å². The lowest BCUT2D eigenvalue weighted by molar-refractivity contribution is -0.0615. The molecule has 0 radical (unpaired) electrons. The third-order valence-corrected chi connectivity index (χ3v) is 4.82. The van der Waals surface area contributed by atoms with Crippen molar-refractivity contribution in [2.45, 2.75) is 45.3 Å². The summed E-state index contributed by atoms with van der Waals surface area (Å²) in [7, 11) is 0. The van der Waals surface area contributed by atoms with Crippen LogP contribution in [0.5, 0.6) is 0 Å². The van der Waals surface area contributed by atoms with Crippen LogP contribution in [0, 0.1) is 6.92 Å². The van der Waals surface area contributed by atoms with Crippen LogP contribution in [-0.4, -0.2) is 60.3 Å². The van der Waals surface area contributed by atoms with Crippen molar-refractivity contribution < 1.29 is 9.53 Å². The second kappa shape index (κ2) is 6.97. The number of hydrogen-bond donors (Lipinski definition) is 1. The molecule has 2 aliphatic heterocycles. The van der Waals surface area contributed by atoms with Gasteiger partial charge in [0.2, 0.25) is 0 Å². The number of carbonyl (C=O) groups excluding carboxylic acids is 1. The maximum Gasteiger partial charge on any atom is 0.317 e. The number of anilines is 1. The minimum absolute atomic E-state index is 0.0505. The molecule has 0 spiro atoms. The van der Waals surface area contributed by atoms with Gasteiger partial charge in [0.15, 0.2) is 0 Å². The second-order valence-electron chi connectivity index (χ2n) is 7.41. The molecule has 3 heterocycles. The van der Waals surface area contributed by atoms with Crippen LogP contribution in [0.4, 0.5) is 10.6 Å². The van der Waals surface area contributed by atoms with E-state index < -0.39 is 0 Å². The third kappa shape index (κ3) is 4.17. The molecular weight excluding hydrogens is 304 g/mol. The van der Waals surface area contributed by atoms with Crippen molar-refractivity contribution in [3.8, 4) is 0 Å². The molecule has 1 aromatic rings. The summed E-state index contributed by atoms with van der Waals surface area (Å²) >= 11 is 0. The molecule has 2 aliphatic rings. The predicted octanol–water partition coefficient (Wildman–Crippen LogP) is 2.18. The molecule has 6 heteroatoms. The summed E-state index contributed by atoms with van der Waals surface area (Å²) in [5, 5.41) is 3.18. The Kier molecular flexibility index (Phi) is 4.94. The first kappa shape index (κ1) is 17.0. The number of carbonyl (C=O) groups is 1. The summed E-state index contributed by atoms with van der Waals surface area (Å²) in [4.78, 5) is 21.1. The molecule has 2 fully saturated rings. The van der Waals surface area contributed by atoms with Crippen LogP contribution in [0.15, 0.2) is 18.3 Å². The number of aromatic nitrogens is 1. The van der Waals surface area contributed by atoms with E-state index in [1.165, 1.54) is 5.56 Å². The molecule has 6 nitrogen and oxygen atoms in total. The van der Waals surface area contributed by atoms with Gasteiger partial charge in [-0.05, 0) is 51.3 Å². The largest absolute Gasteiger partial charge is 0.375 e. The summed E-state index contributed by atoms with van der Waals surface area (Å²) in [5.41, 5.74) is 1.06. The van der Waals surface area contributed by atoms with Crippen LogP contribution in [0.2, 0.25) is 0 Å². The Hall–Kier alpha value is -1.82. The summed E-state index contributed by atoms with van der Waals surface area (Å²) in [6, 6.07) is 4.36. The van der Waals surface area contributed by atoms with E-state index in [0.717, 1.165) is 44.8 Å². The molecule has 24 heavy (non-hydrogen) atoms. The zero-order valence-corrected chi connectivity index (χ0v) is 14.9. The van der Waals surface area contributed by atoms with Crippen LogP contribution >= 0.6 is 0 Å². The van der Waals surface area contributed by atoms with E-state index in [1.807, 2.05) is 17.2 Å². The number of nitrogens with zero attached hydrogens (tertiary/aromatic N) is 3. The van der Waals surface area contributed by atoms with Gasteiger partial charge in [-0.1, -0.05) is 0 Å². The summed E-state index contributed by atoms with van der Waals surface area (Å²) < 4.78 is 5.72. The van der Waals surface area contributed by atoms with Gasteiger partial charge in [0.05, 0.1) is 5.60 Å². The van der Waals surface area contributed by atoms with Crippen molar-refractivity contribution >= 4 is 11.8 Å². The first-order chi connectivity index (χ1) is 11.4. The predicted molar refractivity (Wildman–Crippen MR) is 94.3 cm³/mol. The topological polar surface area (TPSA) is 57.7 Å². The molecule has 1 N–H and O–H groups in total. The van der Waals surface area contributed by atoms with E-state index in [0.29, 0.717) is 6.61 Å². The standard InChI is InChI=1S/C18H28N4O2/c1-14-4-6-19-16(12-14)21-7-9-22(10-8-21)17(23)20-15-5-11-24-18(2,3)13-15/h4,6,12,15H,5,7-11,13H2,1-3H3,(H,20,23). The zero-order valence-electron chi connectivity index (χ0n) is 14.9. The highest BCUT2D eigenvalue weighted by atomic mass is 16.5. The van der Waals surface area contributed by atoms with Crippen LogP contribution in [0.25, 0.3) is 0 Å². The van der Waals surface area contributed by atoms with E-state index in [-0.39, 0.29) is 17.7 Å². The Morgan fingerprint density at radius 1 is 1.33 bits per heavy atom. The Labute approximate surface area is 144 Å². The minimum Gasteiger partial charge on any atom is -0.375 e. The highest BCUT2D eigenvalue weighted by Crippen LogP contribution is 2.24. The number of rotatable bonds is 2. The van der Waals surface area contributed by atoms with E-state index in [9.17, 15) is 4.79 Å². The quantitative estimate of drug-likeness (QED) is 0.902. The van der Waals surface area contributed by atoms with Crippen LogP contribution < -0.4 is 10.2 Å². The first-order valence-corrected chi connectivity index (χ1v) is 8.80. The molecule has 2 amide bonds. The molecule has 1 unspecified atom stereocenters. The molecule has 0 aromatic carbocycles. The van der Waals surface area contributed by atoms with E-state index in [2.05, 4.69) is 42.0 Å². The van der Waals surface area contributed by atoms with Gasteiger partial charge in [0.1, 0.15) is 5.82 Å². The fourth-order valence-electron chi connectivity index (χ4n) is 3.45. The fourth-order valence-corrected chi connectivity index (χ4v) is 3.45. The van der Waals surface area contributed by atoms with Crippen molar-refractivity contribution in [3.05, 3.63) is 23.9 Å². The monoisotopic (exact) mass is 332 g/mol. The average molecular weight is 332 g/mol. The maximum absolute atomic E-state index is 12.5. The third-order valence-electron chi connectivity index (χ3n) is 4.82. The smallest absolute Gasteiger partial charge is 0.317 e.